The summed E-state index contributed by atoms with van der Waals surface area (Å²) in [5.41, 5.74) is 17.8. The van der Waals surface area contributed by atoms with Gasteiger partial charge in [0, 0.05) is 76.6 Å². The van der Waals surface area contributed by atoms with Crippen LogP contribution in [0.15, 0.2) is 90.9 Å². The fourth-order valence-corrected chi connectivity index (χ4v) is 6.65. The van der Waals surface area contributed by atoms with Crippen molar-refractivity contribution in [3.8, 4) is 22.6 Å². The number of benzene rings is 2. The normalized spacial score (nSPS) is 13.1. The van der Waals surface area contributed by atoms with Crippen molar-refractivity contribution in [2.75, 3.05) is 0 Å². The van der Waals surface area contributed by atoms with Crippen LogP contribution in [0.3, 0.4) is 0 Å². The third-order valence-electron chi connectivity index (χ3n) is 7.91. The van der Waals surface area contributed by atoms with Gasteiger partial charge in [-0.25, -0.2) is 4.98 Å². The lowest BCUT2D eigenvalue weighted by Crippen LogP contribution is -2.12. The topological polar surface area (TPSA) is 97.4 Å². The van der Waals surface area contributed by atoms with Crippen LogP contribution in [0.5, 0.6) is 0 Å². The number of hydrogen-bond donors (Lipinski definition) is 3. The van der Waals surface area contributed by atoms with E-state index in [2.05, 4.69) is 89.8 Å². The molecule has 0 bridgehead atoms. The second-order valence-corrected chi connectivity index (χ2v) is 12.4. The van der Waals surface area contributed by atoms with Crippen molar-refractivity contribution in [3.05, 3.63) is 129 Å². The van der Waals surface area contributed by atoms with Gasteiger partial charge in [-0.3, -0.25) is 9.67 Å². The zero-order valence-electron chi connectivity index (χ0n) is 24.5. The molecule has 214 valence electrons. The highest BCUT2D eigenvalue weighted by molar-refractivity contribution is 7.13. The van der Waals surface area contributed by atoms with Crippen LogP contribution < -0.4 is 11.1 Å². The number of nitrogens with zero attached hydrogens (tertiary/aromatic N) is 4. The molecule has 4 heterocycles. The first-order valence-corrected chi connectivity index (χ1v) is 15.2. The van der Waals surface area contributed by atoms with E-state index in [0.29, 0.717) is 6.42 Å². The van der Waals surface area contributed by atoms with E-state index < -0.39 is 0 Å². The van der Waals surface area contributed by atoms with Gasteiger partial charge in [-0.2, -0.15) is 5.10 Å². The van der Waals surface area contributed by atoms with E-state index >= 15 is 0 Å². The third kappa shape index (κ3) is 5.31. The summed E-state index contributed by atoms with van der Waals surface area (Å²) in [6.45, 7) is 5.82. The molecule has 4 N–H and O–H groups in total. The summed E-state index contributed by atoms with van der Waals surface area (Å²) in [6.07, 6.45) is 8.56. The van der Waals surface area contributed by atoms with Crippen LogP contribution in [0.1, 0.15) is 37.8 Å². The highest BCUT2D eigenvalue weighted by atomic mass is 32.1. The molecule has 0 radical (unpaired) electrons. The fraction of sp³-hybridized carbons (Fsp3) is 0.171. The number of pyridine rings is 1. The van der Waals surface area contributed by atoms with Crippen molar-refractivity contribution in [1.82, 2.24) is 30.0 Å². The molecule has 4 aromatic heterocycles. The van der Waals surface area contributed by atoms with Crippen LogP contribution in [0, 0.1) is 13.8 Å². The molecule has 0 saturated carbocycles. The van der Waals surface area contributed by atoms with Gasteiger partial charge < -0.3 is 16.0 Å². The van der Waals surface area contributed by atoms with E-state index in [1.54, 1.807) is 11.3 Å². The third-order valence-corrected chi connectivity index (χ3v) is 8.95. The molecule has 7 nitrogen and oxygen atoms in total. The second-order valence-electron chi connectivity index (χ2n) is 11.1. The molecule has 0 atom stereocenters. The number of aryl methyl sites for hydroxylation is 3. The summed E-state index contributed by atoms with van der Waals surface area (Å²) in [7, 11) is 1.99. The number of nitrogens with two attached hydrogens (primary N) is 1. The smallest absolute Gasteiger partial charge is 0.159 e. The molecule has 8 heteroatoms. The molecule has 1 aliphatic carbocycles. The lowest BCUT2D eigenvalue weighted by atomic mass is 9.98. The Hall–Kier alpha value is -4.79. The van der Waals surface area contributed by atoms with E-state index in [9.17, 15) is 0 Å². The summed E-state index contributed by atoms with van der Waals surface area (Å²) in [4.78, 5) is 15.8. The molecule has 7 rings (SSSR count). The fourth-order valence-electron chi connectivity index (χ4n) is 5.76. The van der Waals surface area contributed by atoms with Crippen molar-refractivity contribution in [2.45, 2.75) is 33.4 Å². The molecule has 0 fully saturated rings. The Kier molecular flexibility index (Phi) is 7.01. The van der Waals surface area contributed by atoms with Gasteiger partial charge in [0.1, 0.15) is 5.69 Å². The lowest BCUT2D eigenvalue weighted by Gasteiger charge is -2.10. The Morgan fingerprint density at radius 3 is 2.60 bits per heavy atom. The van der Waals surface area contributed by atoms with Gasteiger partial charge in [-0.15, -0.1) is 11.3 Å². The van der Waals surface area contributed by atoms with Crippen molar-refractivity contribution >= 4 is 27.8 Å². The predicted octanol–water partition coefficient (Wildman–Crippen LogP) is 6.82. The Morgan fingerprint density at radius 1 is 0.953 bits per heavy atom. The first kappa shape index (κ1) is 27.1. The van der Waals surface area contributed by atoms with Gasteiger partial charge in [0.15, 0.2) is 5.82 Å². The molecule has 1 aliphatic rings. The molecule has 0 spiro atoms. The van der Waals surface area contributed by atoms with Gasteiger partial charge in [0.05, 0.1) is 11.2 Å². The number of imidazole rings is 1. The molecule has 0 saturated heterocycles. The number of allylic oxidation sites excluding steroid dienone is 3. The average Bonchev–Trinajstić information content (AvgIpc) is 3.68. The minimum Gasteiger partial charge on any atom is -0.402 e. The summed E-state index contributed by atoms with van der Waals surface area (Å²) >= 11 is 1.76. The molecular weight excluding hydrogens is 551 g/mol. The molecular formula is C35H33N7S. The van der Waals surface area contributed by atoms with Gasteiger partial charge in [-0.05, 0) is 78.6 Å². The minimum absolute atomic E-state index is 0.610. The highest BCUT2D eigenvalue weighted by Gasteiger charge is 2.23. The Bertz CT molecular complexity index is 2020. The van der Waals surface area contributed by atoms with E-state index in [-0.39, 0.29) is 0 Å². The van der Waals surface area contributed by atoms with E-state index in [1.165, 1.54) is 20.9 Å². The molecule has 0 unspecified atom stereocenters. The molecule has 0 amide bonds. The number of H-pyrrole nitrogens is 1. The van der Waals surface area contributed by atoms with E-state index in [1.807, 2.05) is 36.3 Å². The number of thiophene rings is 1. The Balaban J connectivity index is 1.24. The number of hydrogen-bond acceptors (Lipinski definition) is 6. The maximum absolute atomic E-state index is 6.35. The SMILES string of the molecule is Cc1ccc(C2=CC=C(N)Cc3[nH]c(-c4nn(C)c5cc(C)c(-c6cncc(CNCc7ccccc7)c6)cc45)nc32)s1. The summed E-state index contributed by atoms with van der Waals surface area (Å²) in [5.74, 6) is 0.747. The number of aromatic amines is 1. The van der Waals surface area contributed by atoms with Crippen LogP contribution in [-0.4, -0.2) is 24.7 Å². The lowest BCUT2D eigenvalue weighted by molar-refractivity contribution is 0.691. The van der Waals surface area contributed by atoms with Crippen LogP contribution in [0.2, 0.25) is 0 Å². The highest BCUT2D eigenvalue weighted by Crippen LogP contribution is 2.37. The van der Waals surface area contributed by atoms with Crippen molar-refractivity contribution < 1.29 is 0 Å². The Morgan fingerprint density at radius 2 is 1.79 bits per heavy atom. The van der Waals surface area contributed by atoms with Crippen LogP contribution in [0.25, 0.3) is 39.1 Å². The summed E-state index contributed by atoms with van der Waals surface area (Å²) in [5, 5.41) is 9.53. The molecule has 6 aromatic rings. The maximum Gasteiger partial charge on any atom is 0.159 e. The van der Waals surface area contributed by atoms with Gasteiger partial charge in [-0.1, -0.05) is 30.3 Å². The predicted molar refractivity (Wildman–Crippen MR) is 175 cm³/mol. The van der Waals surface area contributed by atoms with Crippen molar-refractivity contribution in [1.29, 1.82) is 0 Å². The van der Waals surface area contributed by atoms with Crippen molar-refractivity contribution in [3.63, 3.8) is 0 Å². The summed E-state index contributed by atoms with van der Waals surface area (Å²) in [6, 6.07) is 21.4. The minimum atomic E-state index is 0.610. The number of aromatic nitrogens is 5. The molecule has 43 heavy (non-hydrogen) atoms. The zero-order valence-corrected chi connectivity index (χ0v) is 25.3. The monoisotopic (exact) mass is 583 g/mol. The number of rotatable bonds is 7. The van der Waals surface area contributed by atoms with Crippen LogP contribution >= 0.6 is 11.3 Å². The van der Waals surface area contributed by atoms with E-state index in [4.69, 9.17) is 15.8 Å². The maximum atomic E-state index is 6.35. The first-order chi connectivity index (χ1) is 20.9. The number of fused-ring (bicyclic) bond motifs is 2. The largest absolute Gasteiger partial charge is 0.402 e. The number of nitrogens with one attached hydrogen (secondary N) is 2. The molecule has 2 aromatic carbocycles. The van der Waals surface area contributed by atoms with E-state index in [0.717, 1.165) is 74.9 Å². The Labute approximate surface area is 254 Å². The van der Waals surface area contributed by atoms with Gasteiger partial charge in [0.2, 0.25) is 0 Å². The van der Waals surface area contributed by atoms with Crippen LogP contribution in [-0.2, 0) is 26.6 Å². The first-order valence-electron chi connectivity index (χ1n) is 14.4. The second kappa shape index (κ2) is 11.1. The standard InChI is InChI=1S/C35H33N7S/c1-21-13-31-29(16-28(21)25-14-24(19-38-20-25)18-37-17-23-7-5-4-6-8-23)34(41-42(31)3)35-39-30-15-26(36)10-11-27(33(30)40-35)32-12-9-22(2)43-32/h4-14,16,19-20,37H,15,17-18,36H2,1-3H3,(H,39,40). The summed E-state index contributed by atoms with van der Waals surface area (Å²) < 4.78 is 1.94. The van der Waals surface area contributed by atoms with Gasteiger partial charge >= 0.3 is 0 Å². The quantitative estimate of drug-likeness (QED) is 0.192. The van der Waals surface area contributed by atoms with Crippen molar-refractivity contribution in [2.24, 2.45) is 12.8 Å². The van der Waals surface area contributed by atoms with Crippen LogP contribution in [0.4, 0.5) is 0 Å². The zero-order chi connectivity index (χ0) is 29.5. The average molecular weight is 584 g/mol. The molecule has 0 aliphatic heterocycles. The van der Waals surface area contributed by atoms with Gasteiger partial charge in [0.25, 0.3) is 0 Å².